The van der Waals surface area contributed by atoms with Crippen molar-refractivity contribution in [3.8, 4) is 0 Å². The van der Waals surface area contributed by atoms with E-state index in [1.807, 2.05) is 6.07 Å². The molecule has 2 aliphatic carbocycles. The molecule has 1 fully saturated rings. The fourth-order valence-electron chi connectivity index (χ4n) is 4.17. The van der Waals surface area contributed by atoms with Crippen molar-refractivity contribution in [2.24, 2.45) is 0 Å². The van der Waals surface area contributed by atoms with E-state index in [0.717, 1.165) is 45.1 Å². The number of allylic oxidation sites excluding steroid dienone is 6. The van der Waals surface area contributed by atoms with Crippen molar-refractivity contribution in [3.63, 3.8) is 0 Å². The molecule has 4 rings (SSSR count). The Morgan fingerprint density at radius 3 is 2.70 bits per heavy atom. The molecule has 4 heteroatoms. The maximum Gasteiger partial charge on any atom is 0.253 e. The van der Waals surface area contributed by atoms with Gasteiger partial charge >= 0.3 is 0 Å². The third kappa shape index (κ3) is 4.38. The number of nitrogens with one attached hydrogen (secondary N) is 1. The Hall–Kier alpha value is -2.62. The van der Waals surface area contributed by atoms with Crippen LogP contribution in [0.2, 0.25) is 0 Å². The van der Waals surface area contributed by atoms with Crippen molar-refractivity contribution < 1.29 is 4.79 Å². The van der Waals surface area contributed by atoms with Crippen LogP contribution in [0.15, 0.2) is 72.3 Å². The number of nitrogens with zero attached hydrogens (tertiary/aromatic N) is 2. The molecule has 0 aromatic carbocycles. The maximum absolute atomic E-state index is 12.3. The van der Waals surface area contributed by atoms with Crippen LogP contribution in [0.4, 0.5) is 0 Å². The van der Waals surface area contributed by atoms with Gasteiger partial charge in [0.1, 0.15) is 0 Å². The van der Waals surface area contributed by atoms with Gasteiger partial charge in [-0.1, -0.05) is 24.3 Å². The second-order valence-corrected chi connectivity index (χ2v) is 7.53. The average molecular weight is 361 g/mol. The van der Waals surface area contributed by atoms with Crippen molar-refractivity contribution in [2.45, 2.75) is 50.6 Å². The lowest BCUT2D eigenvalue weighted by Crippen LogP contribution is -2.42. The Morgan fingerprint density at radius 2 is 2.04 bits per heavy atom. The van der Waals surface area contributed by atoms with Crippen LogP contribution in [-0.4, -0.2) is 34.4 Å². The summed E-state index contributed by atoms with van der Waals surface area (Å²) in [5.74, 6) is -0.00759. The summed E-state index contributed by atoms with van der Waals surface area (Å²) in [4.78, 5) is 18.8. The highest BCUT2D eigenvalue weighted by atomic mass is 16.1. The van der Waals surface area contributed by atoms with Gasteiger partial charge < -0.3 is 10.2 Å². The van der Waals surface area contributed by atoms with Crippen LogP contribution in [0.1, 0.15) is 48.9 Å². The Kier molecular flexibility index (Phi) is 5.52. The van der Waals surface area contributed by atoms with E-state index in [-0.39, 0.29) is 11.9 Å². The molecule has 0 spiro atoms. The van der Waals surface area contributed by atoms with Crippen molar-refractivity contribution in [3.05, 3.63) is 77.8 Å². The van der Waals surface area contributed by atoms with E-state index in [2.05, 4.69) is 51.8 Å². The van der Waals surface area contributed by atoms with E-state index in [0.29, 0.717) is 11.6 Å². The number of rotatable bonds is 4. The van der Waals surface area contributed by atoms with Crippen LogP contribution in [-0.2, 0) is 0 Å². The van der Waals surface area contributed by atoms with Gasteiger partial charge in [-0.15, -0.1) is 0 Å². The average Bonchev–Trinajstić information content (AvgIpc) is 2.76. The standard InChI is InChI=1S/C23H27N3O/c27-23(20-7-4-14-24-17-20)25-21-8-10-22(11-9-21)26-15-12-19(13-16-26)18-5-2-1-3-6-18/h1-2,4,6-7,12-15,17,21-22H,3,5,8-11,16H2,(H,25,27). The quantitative estimate of drug-likeness (QED) is 0.819. The summed E-state index contributed by atoms with van der Waals surface area (Å²) in [5, 5.41) is 3.17. The molecular weight excluding hydrogens is 334 g/mol. The first-order valence-corrected chi connectivity index (χ1v) is 9.99. The van der Waals surface area contributed by atoms with Gasteiger partial charge in [0.25, 0.3) is 5.91 Å². The highest BCUT2D eigenvalue weighted by Gasteiger charge is 2.26. The van der Waals surface area contributed by atoms with Crippen molar-refractivity contribution >= 4 is 5.91 Å². The SMILES string of the molecule is O=C(NC1CCC(N2C=CC(C3=CCC=CC3)=CC2)CC1)c1cccnc1. The first-order chi connectivity index (χ1) is 13.3. The highest BCUT2D eigenvalue weighted by molar-refractivity contribution is 5.94. The van der Waals surface area contributed by atoms with E-state index in [9.17, 15) is 4.79 Å². The molecule has 0 unspecified atom stereocenters. The van der Waals surface area contributed by atoms with Crippen molar-refractivity contribution in [1.29, 1.82) is 0 Å². The minimum absolute atomic E-state index is 0.00759. The predicted octanol–water partition coefficient (Wildman–Crippen LogP) is 4.15. The lowest BCUT2D eigenvalue weighted by molar-refractivity contribution is 0.0916. The summed E-state index contributed by atoms with van der Waals surface area (Å²) in [6, 6.07) is 4.46. The summed E-state index contributed by atoms with van der Waals surface area (Å²) in [5.41, 5.74) is 3.48. The smallest absolute Gasteiger partial charge is 0.253 e. The fourth-order valence-corrected chi connectivity index (χ4v) is 4.17. The summed E-state index contributed by atoms with van der Waals surface area (Å²) in [6.07, 6.45) is 23.5. The first kappa shape index (κ1) is 17.8. The van der Waals surface area contributed by atoms with Gasteiger partial charge in [0, 0.05) is 37.2 Å². The Morgan fingerprint density at radius 1 is 1.15 bits per heavy atom. The van der Waals surface area contributed by atoms with Crippen molar-refractivity contribution in [2.75, 3.05) is 6.54 Å². The van der Waals surface area contributed by atoms with E-state index in [1.165, 1.54) is 11.1 Å². The van der Waals surface area contributed by atoms with Crippen LogP contribution in [0, 0.1) is 0 Å². The van der Waals surface area contributed by atoms with Crippen LogP contribution >= 0.6 is 0 Å². The Balaban J connectivity index is 1.25. The predicted molar refractivity (Wildman–Crippen MR) is 108 cm³/mol. The van der Waals surface area contributed by atoms with Crippen LogP contribution in [0.3, 0.4) is 0 Å². The summed E-state index contributed by atoms with van der Waals surface area (Å²) >= 11 is 0. The van der Waals surface area contributed by atoms with Crippen LogP contribution in [0.5, 0.6) is 0 Å². The number of amides is 1. The second-order valence-electron chi connectivity index (χ2n) is 7.53. The minimum Gasteiger partial charge on any atom is -0.371 e. The van der Waals surface area contributed by atoms with Crippen LogP contribution in [0.25, 0.3) is 0 Å². The molecule has 1 amide bonds. The molecule has 0 saturated heterocycles. The number of aromatic nitrogens is 1. The van der Waals surface area contributed by atoms with E-state index < -0.39 is 0 Å². The summed E-state index contributed by atoms with van der Waals surface area (Å²) < 4.78 is 0. The number of hydrogen-bond acceptors (Lipinski definition) is 3. The number of hydrogen-bond donors (Lipinski definition) is 1. The van der Waals surface area contributed by atoms with Gasteiger partial charge in [0.2, 0.25) is 0 Å². The highest BCUT2D eigenvalue weighted by Crippen LogP contribution is 2.28. The first-order valence-electron chi connectivity index (χ1n) is 9.99. The van der Waals surface area contributed by atoms with E-state index >= 15 is 0 Å². The normalized spacial score (nSPS) is 25.0. The monoisotopic (exact) mass is 361 g/mol. The van der Waals surface area contributed by atoms with Gasteiger partial charge in [-0.2, -0.15) is 0 Å². The molecule has 1 aromatic rings. The molecule has 1 aromatic heterocycles. The molecular formula is C23H27N3O. The molecule has 0 radical (unpaired) electrons. The summed E-state index contributed by atoms with van der Waals surface area (Å²) in [7, 11) is 0. The third-order valence-corrected chi connectivity index (χ3v) is 5.77. The molecule has 4 nitrogen and oxygen atoms in total. The van der Waals surface area contributed by atoms with Crippen LogP contribution < -0.4 is 5.32 Å². The number of carbonyl (C=O) groups is 1. The van der Waals surface area contributed by atoms with Gasteiger partial charge in [0.05, 0.1) is 5.56 Å². The third-order valence-electron chi connectivity index (χ3n) is 5.77. The van der Waals surface area contributed by atoms with Gasteiger partial charge in [0.15, 0.2) is 0 Å². The molecule has 27 heavy (non-hydrogen) atoms. The number of pyridine rings is 1. The summed E-state index contributed by atoms with van der Waals surface area (Å²) in [6.45, 7) is 0.990. The van der Waals surface area contributed by atoms with E-state index in [4.69, 9.17) is 0 Å². The maximum atomic E-state index is 12.3. The Bertz CT molecular complexity index is 783. The molecule has 1 N–H and O–H groups in total. The van der Waals surface area contributed by atoms with Gasteiger partial charge in [-0.25, -0.2) is 0 Å². The zero-order valence-electron chi connectivity index (χ0n) is 15.7. The van der Waals surface area contributed by atoms with Gasteiger partial charge in [-0.3, -0.25) is 9.78 Å². The lowest BCUT2D eigenvalue weighted by Gasteiger charge is -2.37. The fraction of sp³-hybridized carbons (Fsp3) is 0.391. The molecule has 0 bridgehead atoms. The van der Waals surface area contributed by atoms with Gasteiger partial charge in [-0.05, 0) is 67.9 Å². The zero-order chi connectivity index (χ0) is 18.5. The topological polar surface area (TPSA) is 45.2 Å². The molecule has 0 atom stereocenters. The molecule has 3 aliphatic rings. The minimum atomic E-state index is -0.00759. The largest absolute Gasteiger partial charge is 0.371 e. The molecule has 140 valence electrons. The molecule has 2 heterocycles. The molecule has 1 saturated carbocycles. The molecule has 1 aliphatic heterocycles. The van der Waals surface area contributed by atoms with Crippen molar-refractivity contribution in [1.82, 2.24) is 15.2 Å². The zero-order valence-corrected chi connectivity index (χ0v) is 15.7. The lowest BCUT2D eigenvalue weighted by atomic mass is 9.89. The van der Waals surface area contributed by atoms with E-state index in [1.54, 1.807) is 18.5 Å². The number of carbonyl (C=O) groups excluding carboxylic acids is 1. The Labute approximate surface area is 161 Å². The second kappa shape index (κ2) is 8.38.